The minimum atomic E-state index is -0.156. The normalized spacial score (nSPS) is 10.5. The number of aromatic nitrogens is 1. The van der Waals surface area contributed by atoms with E-state index in [1.54, 1.807) is 6.20 Å². The van der Waals surface area contributed by atoms with Gasteiger partial charge in [-0.1, -0.05) is 42.5 Å². The van der Waals surface area contributed by atoms with Crippen LogP contribution in [0.4, 0.5) is 4.79 Å². The first kappa shape index (κ1) is 15.0. The first-order chi connectivity index (χ1) is 11.3. The number of carbonyl (C=O) groups is 1. The van der Waals surface area contributed by atoms with Gasteiger partial charge in [-0.2, -0.15) is 0 Å². The zero-order valence-electron chi connectivity index (χ0n) is 13.0. The van der Waals surface area contributed by atoms with Crippen LogP contribution in [0.5, 0.6) is 0 Å². The summed E-state index contributed by atoms with van der Waals surface area (Å²) < 4.78 is 0. The third kappa shape index (κ3) is 3.31. The van der Waals surface area contributed by atoms with Gasteiger partial charge in [0.05, 0.1) is 0 Å². The zero-order chi connectivity index (χ0) is 16.1. The van der Waals surface area contributed by atoms with Crippen molar-refractivity contribution >= 4 is 16.8 Å². The number of urea groups is 1. The quantitative estimate of drug-likeness (QED) is 0.772. The molecule has 0 spiro atoms. The van der Waals surface area contributed by atoms with E-state index in [0.717, 1.165) is 16.3 Å². The van der Waals surface area contributed by atoms with Crippen LogP contribution in [0.15, 0.2) is 60.9 Å². The van der Waals surface area contributed by atoms with Gasteiger partial charge in [-0.3, -0.25) is 4.98 Å². The highest BCUT2D eigenvalue weighted by molar-refractivity contribution is 5.98. The van der Waals surface area contributed by atoms with E-state index in [-0.39, 0.29) is 6.03 Å². The Morgan fingerprint density at radius 1 is 1.00 bits per heavy atom. The number of carbonyl (C=O) groups excluding carboxylic acids is 1. The topological polar surface area (TPSA) is 54.0 Å². The molecule has 2 aromatic carbocycles. The van der Waals surface area contributed by atoms with E-state index in [4.69, 9.17) is 0 Å². The Bertz CT molecular complexity index is 815. The summed E-state index contributed by atoms with van der Waals surface area (Å²) in [6, 6.07) is 16.3. The first-order valence-electron chi connectivity index (χ1n) is 7.72. The molecule has 0 saturated heterocycles. The molecular formula is C19H19N3O. The third-order valence-corrected chi connectivity index (χ3v) is 3.77. The standard InChI is InChI=1S/C19H19N3O/c1-2-21-19(23)22-12-15-8-9-16(14-6-4-3-5-7-14)17-10-11-20-13-18(15)17/h3-11,13H,2,12H2,1H3,(H2,21,22,23). The number of hydrogen-bond donors (Lipinski definition) is 2. The van der Waals surface area contributed by atoms with Gasteiger partial charge in [0.25, 0.3) is 0 Å². The van der Waals surface area contributed by atoms with Gasteiger partial charge in [-0.05, 0) is 35.1 Å². The van der Waals surface area contributed by atoms with E-state index in [0.29, 0.717) is 13.1 Å². The van der Waals surface area contributed by atoms with Crippen molar-refractivity contribution in [1.82, 2.24) is 15.6 Å². The van der Waals surface area contributed by atoms with Crippen molar-refractivity contribution in [3.8, 4) is 11.1 Å². The Hall–Kier alpha value is -2.88. The Kier molecular flexibility index (Phi) is 4.52. The van der Waals surface area contributed by atoms with Crippen molar-refractivity contribution in [3.05, 3.63) is 66.5 Å². The lowest BCUT2D eigenvalue weighted by atomic mass is 9.96. The van der Waals surface area contributed by atoms with Crippen molar-refractivity contribution in [3.63, 3.8) is 0 Å². The number of fused-ring (bicyclic) bond motifs is 1. The highest BCUT2D eigenvalue weighted by Crippen LogP contribution is 2.30. The molecule has 1 heterocycles. The molecule has 0 aliphatic carbocycles. The highest BCUT2D eigenvalue weighted by atomic mass is 16.2. The number of pyridine rings is 1. The SMILES string of the molecule is CCNC(=O)NCc1ccc(-c2ccccc2)c2ccncc12. The molecule has 2 amide bonds. The molecule has 4 nitrogen and oxygen atoms in total. The largest absolute Gasteiger partial charge is 0.338 e. The van der Waals surface area contributed by atoms with Crippen LogP contribution in [-0.2, 0) is 6.54 Å². The number of amides is 2. The molecule has 3 rings (SSSR count). The maximum Gasteiger partial charge on any atom is 0.315 e. The van der Waals surface area contributed by atoms with Gasteiger partial charge in [0, 0.05) is 30.9 Å². The fourth-order valence-corrected chi connectivity index (χ4v) is 2.67. The molecule has 0 atom stereocenters. The summed E-state index contributed by atoms with van der Waals surface area (Å²) in [4.78, 5) is 15.8. The van der Waals surface area contributed by atoms with Crippen LogP contribution in [-0.4, -0.2) is 17.6 Å². The summed E-state index contributed by atoms with van der Waals surface area (Å²) in [5, 5.41) is 7.81. The summed E-state index contributed by atoms with van der Waals surface area (Å²) in [5.41, 5.74) is 3.40. The predicted octanol–water partition coefficient (Wildman–Crippen LogP) is 3.72. The number of nitrogens with zero attached hydrogens (tertiary/aromatic N) is 1. The van der Waals surface area contributed by atoms with Crippen LogP contribution >= 0.6 is 0 Å². The molecule has 0 radical (unpaired) electrons. The van der Waals surface area contributed by atoms with Gasteiger partial charge in [-0.25, -0.2) is 4.79 Å². The lowest BCUT2D eigenvalue weighted by Crippen LogP contribution is -2.34. The average molecular weight is 305 g/mol. The molecule has 0 fully saturated rings. The summed E-state index contributed by atoms with van der Waals surface area (Å²) in [6.45, 7) is 2.98. The monoisotopic (exact) mass is 305 g/mol. The summed E-state index contributed by atoms with van der Waals surface area (Å²) in [7, 11) is 0. The third-order valence-electron chi connectivity index (χ3n) is 3.77. The Morgan fingerprint density at radius 2 is 1.83 bits per heavy atom. The summed E-state index contributed by atoms with van der Waals surface area (Å²) in [6.07, 6.45) is 3.66. The number of hydrogen-bond acceptors (Lipinski definition) is 2. The van der Waals surface area contributed by atoms with Crippen molar-refractivity contribution in [2.24, 2.45) is 0 Å². The second-order valence-electron chi connectivity index (χ2n) is 5.27. The molecule has 0 aliphatic rings. The Balaban J connectivity index is 1.98. The predicted molar refractivity (Wildman–Crippen MR) is 93.1 cm³/mol. The minimum absolute atomic E-state index is 0.156. The van der Waals surface area contributed by atoms with Gasteiger partial charge in [0.1, 0.15) is 0 Å². The lowest BCUT2D eigenvalue weighted by molar-refractivity contribution is 0.241. The highest BCUT2D eigenvalue weighted by Gasteiger charge is 2.08. The van der Waals surface area contributed by atoms with Crippen LogP contribution in [0.2, 0.25) is 0 Å². The van der Waals surface area contributed by atoms with Gasteiger partial charge in [0.15, 0.2) is 0 Å². The molecule has 3 aromatic rings. The van der Waals surface area contributed by atoms with E-state index < -0.39 is 0 Å². The van der Waals surface area contributed by atoms with Crippen molar-refractivity contribution < 1.29 is 4.79 Å². The van der Waals surface area contributed by atoms with Crippen LogP contribution in [0.1, 0.15) is 12.5 Å². The van der Waals surface area contributed by atoms with Crippen LogP contribution in [0.25, 0.3) is 21.9 Å². The van der Waals surface area contributed by atoms with Gasteiger partial charge < -0.3 is 10.6 Å². The van der Waals surface area contributed by atoms with E-state index >= 15 is 0 Å². The smallest absolute Gasteiger partial charge is 0.315 e. The first-order valence-corrected chi connectivity index (χ1v) is 7.72. The molecule has 23 heavy (non-hydrogen) atoms. The minimum Gasteiger partial charge on any atom is -0.338 e. The van der Waals surface area contributed by atoms with E-state index in [1.165, 1.54) is 11.1 Å². The lowest BCUT2D eigenvalue weighted by Gasteiger charge is -2.12. The fourth-order valence-electron chi connectivity index (χ4n) is 2.67. The average Bonchev–Trinajstić information content (AvgIpc) is 2.60. The maximum absolute atomic E-state index is 11.6. The van der Waals surface area contributed by atoms with Crippen LogP contribution in [0, 0.1) is 0 Å². The van der Waals surface area contributed by atoms with Crippen LogP contribution < -0.4 is 10.6 Å². The molecule has 0 bridgehead atoms. The Morgan fingerprint density at radius 3 is 2.61 bits per heavy atom. The second-order valence-corrected chi connectivity index (χ2v) is 5.27. The molecule has 2 N–H and O–H groups in total. The van der Waals surface area contributed by atoms with Crippen molar-refractivity contribution in [2.75, 3.05) is 6.54 Å². The van der Waals surface area contributed by atoms with Gasteiger partial charge in [0.2, 0.25) is 0 Å². The molecule has 0 saturated carbocycles. The molecule has 0 aliphatic heterocycles. The van der Waals surface area contributed by atoms with Crippen molar-refractivity contribution in [1.29, 1.82) is 0 Å². The second kappa shape index (κ2) is 6.92. The molecule has 1 aromatic heterocycles. The number of benzene rings is 2. The number of nitrogens with one attached hydrogen (secondary N) is 2. The van der Waals surface area contributed by atoms with Crippen molar-refractivity contribution in [2.45, 2.75) is 13.5 Å². The van der Waals surface area contributed by atoms with E-state index in [1.807, 2.05) is 37.4 Å². The number of rotatable bonds is 4. The van der Waals surface area contributed by atoms with Crippen LogP contribution in [0.3, 0.4) is 0 Å². The van der Waals surface area contributed by atoms with Gasteiger partial charge in [-0.15, -0.1) is 0 Å². The summed E-state index contributed by atoms with van der Waals surface area (Å²) >= 11 is 0. The Labute approximate surface area is 135 Å². The molecule has 4 heteroatoms. The maximum atomic E-state index is 11.6. The summed E-state index contributed by atoms with van der Waals surface area (Å²) in [5.74, 6) is 0. The van der Waals surface area contributed by atoms with Gasteiger partial charge >= 0.3 is 6.03 Å². The van der Waals surface area contributed by atoms with E-state index in [9.17, 15) is 4.79 Å². The molecule has 0 unspecified atom stereocenters. The zero-order valence-corrected chi connectivity index (χ0v) is 13.0. The van der Waals surface area contributed by atoms with E-state index in [2.05, 4.69) is 39.9 Å². The fraction of sp³-hybridized carbons (Fsp3) is 0.158. The molecule has 116 valence electrons. The molecular weight excluding hydrogens is 286 g/mol.